The van der Waals surface area contributed by atoms with E-state index in [1.54, 1.807) is 41.5 Å². The number of nitrogens with one attached hydrogen (secondary N) is 2. The molecule has 0 saturated carbocycles. The monoisotopic (exact) mass is 361 g/mol. The highest BCUT2D eigenvalue weighted by molar-refractivity contribution is 6.02. The highest BCUT2D eigenvalue weighted by Crippen LogP contribution is 2.13. The number of carbonyl (C=O) groups excluding carboxylic acids is 2. The van der Waals surface area contributed by atoms with E-state index in [1.807, 2.05) is 0 Å². The highest BCUT2D eigenvalue weighted by Gasteiger charge is 2.35. The highest BCUT2D eigenvalue weighted by atomic mass is 16.6. The molecule has 4 N–H and O–H groups in total. The Bertz CT molecular complexity index is 514. The first-order chi connectivity index (χ1) is 11.1. The van der Waals surface area contributed by atoms with Gasteiger partial charge >= 0.3 is 18.2 Å². The van der Waals surface area contributed by atoms with Crippen molar-refractivity contribution < 1.29 is 34.1 Å². The maximum absolute atomic E-state index is 11.8. The molecule has 0 aromatic carbocycles. The summed E-state index contributed by atoms with van der Waals surface area (Å²) in [6.45, 7) is 11.1. The number of hydrogen-bond donors (Lipinski definition) is 4. The molecule has 0 fully saturated rings. The van der Waals surface area contributed by atoms with Gasteiger partial charge in [0.15, 0.2) is 0 Å². The van der Waals surface area contributed by atoms with Gasteiger partial charge in [0, 0.05) is 6.42 Å². The van der Waals surface area contributed by atoms with Crippen molar-refractivity contribution >= 4 is 24.1 Å². The lowest BCUT2D eigenvalue weighted by atomic mass is 10.2. The number of hydrogen-bond acceptors (Lipinski definition) is 7. The van der Waals surface area contributed by atoms with Crippen LogP contribution in [0.4, 0.5) is 9.59 Å². The molecule has 25 heavy (non-hydrogen) atoms. The van der Waals surface area contributed by atoms with E-state index in [9.17, 15) is 19.5 Å². The van der Waals surface area contributed by atoms with Crippen LogP contribution in [0.2, 0.25) is 0 Å². The van der Waals surface area contributed by atoms with Crippen LogP contribution in [-0.2, 0) is 14.3 Å². The molecule has 0 heterocycles. The van der Waals surface area contributed by atoms with Gasteiger partial charge in [-0.25, -0.2) is 19.4 Å². The lowest BCUT2D eigenvalue weighted by Gasteiger charge is -2.23. The van der Waals surface area contributed by atoms with Crippen LogP contribution in [0.25, 0.3) is 0 Å². The van der Waals surface area contributed by atoms with E-state index in [0.29, 0.717) is 0 Å². The number of amides is 2. The molecule has 0 aliphatic heterocycles. The molecular formula is C15H27N3O7. The molecule has 0 aliphatic carbocycles. The van der Waals surface area contributed by atoms with Crippen molar-refractivity contribution in [1.82, 2.24) is 10.6 Å². The zero-order valence-electron chi connectivity index (χ0n) is 15.6. The van der Waals surface area contributed by atoms with E-state index in [-0.39, 0.29) is 6.42 Å². The van der Waals surface area contributed by atoms with Crippen LogP contribution in [-0.4, -0.2) is 51.3 Å². The molecule has 0 aliphatic rings. The minimum atomic E-state index is -2.54. The molecule has 1 atom stereocenters. The van der Waals surface area contributed by atoms with Gasteiger partial charge in [-0.15, -0.1) is 0 Å². The summed E-state index contributed by atoms with van der Waals surface area (Å²) in [5, 5.41) is 23.2. The standard InChI is InChI=1S/C15H27N3O7/c1-8-15(23,9(19)20)18-10(16-11(21)24-13(2,3)4)17-12(22)25-14(5,6)7/h23H,8H2,1-7H3,(H,19,20)(H2,16,17,18,21,22)/t15-/m0/s1. The Balaban J connectivity index is 5.48. The summed E-state index contributed by atoms with van der Waals surface area (Å²) >= 11 is 0. The zero-order valence-corrected chi connectivity index (χ0v) is 15.6. The fourth-order valence-corrected chi connectivity index (χ4v) is 1.35. The van der Waals surface area contributed by atoms with E-state index in [2.05, 4.69) is 15.6 Å². The quantitative estimate of drug-likeness (QED) is 0.441. The van der Waals surface area contributed by atoms with Crippen molar-refractivity contribution in [2.45, 2.75) is 71.8 Å². The summed E-state index contributed by atoms with van der Waals surface area (Å²) in [7, 11) is 0. The smallest absolute Gasteiger partial charge is 0.414 e. The number of nitrogens with zero attached hydrogens (tertiary/aromatic N) is 1. The van der Waals surface area contributed by atoms with Gasteiger partial charge in [-0.1, -0.05) is 6.92 Å². The van der Waals surface area contributed by atoms with Gasteiger partial charge < -0.3 is 19.7 Å². The second kappa shape index (κ2) is 8.15. The molecule has 2 amide bonds. The second-order valence-electron chi connectivity index (χ2n) is 7.19. The third-order valence-corrected chi connectivity index (χ3v) is 2.37. The van der Waals surface area contributed by atoms with Gasteiger partial charge in [0.1, 0.15) is 11.2 Å². The molecule has 0 unspecified atom stereocenters. The van der Waals surface area contributed by atoms with Crippen molar-refractivity contribution in [3.63, 3.8) is 0 Å². The third kappa shape index (κ3) is 9.50. The van der Waals surface area contributed by atoms with E-state index in [1.165, 1.54) is 6.92 Å². The van der Waals surface area contributed by atoms with Crippen LogP contribution >= 0.6 is 0 Å². The lowest BCUT2D eigenvalue weighted by molar-refractivity contribution is -0.157. The Hall–Kier alpha value is -2.36. The van der Waals surface area contributed by atoms with Gasteiger partial charge in [-0.3, -0.25) is 10.6 Å². The summed E-state index contributed by atoms with van der Waals surface area (Å²) in [4.78, 5) is 38.4. The van der Waals surface area contributed by atoms with Crippen molar-refractivity contribution in [3.05, 3.63) is 0 Å². The Morgan fingerprint density at radius 1 is 0.920 bits per heavy atom. The molecule has 144 valence electrons. The largest absolute Gasteiger partial charge is 0.478 e. The van der Waals surface area contributed by atoms with Crippen LogP contribution < -0.4 is 10.6 Å². The average molecular weight is 361 g/mol. The van der Waals surface area contributed by atoms with Crippen LogP contribution in [0.1, 0.15) is 54.9 Å². The van der Waals surface area contributed by atoms with Crippen LogP contribution in [0.5, 0.6) is 0 Å². The predicted molar refractivity (Wildman–Crippen MR) is 89.1 cm³/mol. The molecule has 0 spiro atoms. The molecule has 10 nitrogen and oxygen atoms in total. The molecule has 0 bridgehead atoms. The van der Waals surface area contributed by atoms with E-state index in [0.717, 1.165) is 0 Å². The Morgan fingerprint density at radius 2 is 1.28 bits per heavy atom. The first kappa shape index (κ1) is 22.6. The number of carboxylic acid groups (broad SMARTS) is 1. The van der Waals surface area contributed by atoms with Gasteiger partial charge in [0.2, 0.25) is 5.96 Å². The van der Waals surface area contributed by atoms with Crippen LogP contribution in [0.3, 0.4) is 0 Å². The third-order valence-electron chi connectivity index (χ3n) is 2.37. The molecule has 0 aromatic rings. The minimum Gasteiger partial charge on any atom is -0.478 e. The van der Waals surface area contributed by atoms with Crippen molar-refractivity contribution in [2.24, 2.45) is 4.99 Å². The second-order valence-corrected chi connectivity index (χ2v) is 7.19. The molecule has 0 rings (SSSR count). The zero-order chi connectivity index (χ0) is 20.1. The molecule has 0 radical (unpaired) electrons. The van der Waals surface area contributed by atoms with Gasteiger partial charge in [-0.2, -0.15) is 0 Å². The van der Waals surface area contributed by atoms with E-state index < -0.39 is 41.0 Å². The maximum Gasteiger partial charge on any atom is 0.414 e. The van der Waals surface area contributed by atoms with Crippen molar-refractivity contribution in [3.8, 4) is 0 Å². The number of guanidine groups is 1. The number of carboxylic acids is 1. The first-order valence-corrected chi connectivity index (χ1v) is 7.63. The SMILES string of the molecule is CC[C@@](O)(N=C(NC(=O)OC(C)(C)C)NC(=O)OC(C)(C)C)C(=O)O. The summed E-state index contributed by atoms with van der Waals surface area (Å²) < 4.78 is 10.0. The Morgan fingerprint density at radius 3 is 1.52 bits per heavy atom. The number of carbonyl (C=O) groups is 3. The van der Waals surface area contributed by atoms with Crippen molar-refractivity contribution in [2.75, 3.05) is 0 Å². The number of alkyl carbamates (subject to hydrolysis) is 2. The summed E-state index contributed by atoms with van der Waals surface area (Å²) in [5.41, 5.74) is -4.22. The summed E-state index contributed by atoms with van der Waals surface area (Å²) in [6.07, 6.45) is -2.30. The number of ether oxygens (including phenoxy) is 2. The Labute approximate surface area is 146 Å². The normalized spacial score (nSPS) is 13.9. The predicted octanol–water partition coefficient (Wildman–Crippen LogP) is 1.57. The fraction of sp³-hybridized carbons (Fsp3) is 0.733. The average Bonchev–Trinajstić information content (AvgIpc) is 2.32. The molecule has 0 saturated heterocycles. The molecule has 10 heteroatoms. The number of aliphatic hydroxyl groups is 1. The number of rotatable bonds is 3. The van der Waals surface area contributed by atoms with Crippen LogP contribution in [0, 0.1) is 0 Å². The lowest BCUT2D eigenvalue weighted by Crippen LogP contribution is -2.50. The van der Waals surface area contributed by atoms with Gasteiger partial charge in [0.25, 0.3) is 5.72 Å². The summed E-state index contributed by atoms with van der Waals surface area (Å²) in [5.74, 6) is -2.26. The topological polar surface area (TPSA) is 147 Å². The molecular weight excluding hydrogens is 334 g/mol. The maximum atomic E-state index is 11.8. The van der Waals surface area contributed by atoms with E-state index in [4.69, 9.17) is 14.6 Å². The molecule has 0 aromatic heterocycles. The Kier molecular flexibility index (Phi) is 7.38. The van der Waals surface area contributed by atoms with Crippen LogP contribution in [0.15, 0.2) is 4.99 Å². The fourth-order valence-electron chi connectivity index (χ4n) is 1.35. The van der Waals surface area contributed by atoms with Gasteiger partial charge in [-0.05, 0) is 41.5 Å². The summed E-state index contributed by atoms with van der Waals surface area (Å²) in [6, 6.07) is 0. The first-order valence-electron chi connectivity index (χ1n) is 7.63. The number of aliphatic imine (C=N–C) groups is 1. The minimum absolute atomic E-state index is 0.308. The van der Waals surface area contributed by atoms with E-state index >= 15 is 0 Å². The van der Waals surface area contributed by atoms with Gasteiger partial charge in [0.05, 0.1) is 0 Å². The number of aliphatic carboxylic acids is 1. The van der Waals surface area contributed by atoms with Crippen molar-refractivity contribution in [1.29, 1.82) is 0 Å².